The number of para-hydroxylation sites is 2. The van der Waals surface area contributed by atoms with Crippen LogP contribution in [0.15, 0.2) is 66.7 Å². The Morgan fingerprint density at radius 2 is 1.74 bits per heavy atom. The molecule has 1 heterocycles. The number of rotatable bonds is 8. The van der Waals surface area contributed by atoms with Gasteiger partial charge < -0.3 is 15.4 Å². The normalized spacial score (nSPS) is 10.3. The van der Waals surface area contributed by atoms with E-state index in [0.29, 0.717) is 23.8 Å². The van der Waals surface area contributed by atoms with Crippen molar-refractivity contribution in [2.45, 2.75) is 12.8 Å². The van der Waals surface area contributed by atoms with E-state index in [4.69, 9.17) is 4.74 Å². The second-order valence-corrected chi connectivity index (χ2v) is 5.97. The van der Waals surface area contributed by atoms with E-state index >= 15 is 0 Å². The van der Waals surface area contributed by atoms with Gasteiger partial charge in [-0.05, 0) is 42.7 Å². The number of carbonyl (C=O) groups excluding carboxylic acids is 1. The van der Waals surface area contributed by atoms with E-state index in [9.17, 15) is 4.79 Å². The molecule has 0 aliphatic heterocycles. The van der Waals surface area contributed by atoms with E-state index in [-0.39, 0.29) is 5.91 Å². The van der Waals surface area contributed by atoms with Crippen molar-refractivity contribution in [3.8, 4) is 5.75 Å². The first-order chi connectivity index (χ1) is 13.3. The molecular formula is C21H22N4O2. The third-order valence-corrected chi connectivity index (χ3v) is 4.04. The zero-order valence-electron chi connectivity index (χ0n) is 15.2. The first-order valence-electron chi connectivity index (χ1n) is 8.82. The van der Waals surface area contributed by atoms with Crippen LogP contribution in [0, 0.1) is 0 Å². The Morgan fingerprint density at radius 1 is 0.963 bits per heavy atom. The van der Waals surface area contributed by atoms with E-state index in [1.54, 1.807) is 19.2 Å². The fraction of sp³-hybridized carbons (Fsp3) is 0.190. The molecule has 0 aliphatic rings. The van der Waals surface area contributed by atoms with Gasteiger partial charge in [0.1, 0.15) is 5.75 Å². The first-order valence-corrected chi connectivity index (χ1v) is 8.82. The molecule has 138 valence electrons. The summed E-state index contributed by atoms with van der Waals surface area (Å²) in [7, 11) is 1.61. The Bertz CT molecular complexity index is 867. The molecule has 6 heteroatoms. The average Bonchev–Trinajstić information content (AvgIpc) is 2.73. The van der Waals surface area contributed by atoms with Gasteiger partial charge in [0, 0.05) is 6.54 Å². The molecule has 0 spiro atoms. The summed E-state index contributed by atoms with van der Waals surface area (Å²) in [6.45, 7) is 0.594. The maximum absolute atomic E-state index is 12.2. The van der Waals surface area contributed by atoms with Crippen LogP contribution in [0.1, 0.15) is 22.5 Å². The van der Waals surface area contributed by atoms with Crippen molar-refractivity contribution in [3.05, 3.63) is 78.0 Å². The van der Waals surface area contributed by atoms with Gasteiger partial charge in [0.25, 0.3) is 5.91 Å². The highest BCUT2D eigenvalue weighted by molar-refractivity contribution is 5.92. The number of anilines is 2. The van der Waals surface area contributed by atoms with Crippen LogP contribution in [0.3, 0.4) is 0 Å². The third-order valence-electron chi connectivity index (χ3n) is 4.04. The maximum atomic E-state index is 12.2. The molecule has 2 aromatic carbocycles. The smallest absolute Gasteiger partial charge is 0.271 e. The van der Waals surface area contributed by atoms with Crippen molar-refractivity contribution < 1.29 is 9.53 Å². The lowest BCUT2D eigenvalue weighted by Crippen LogP contribution is -2.26. The van der Waals surface area contributed by atoms with Crippen molar-refractivity contribution in [1.29, 1.82) is 0 Å². The molecule has 0 radical (unpaired) electrons. The molecule has 2 N–H and O–H groups in total. The van der Waals surface area contributed by atoms with Crippen LogP contribution >= 0.6 is 0 Å². The maximum Gasteiger partial charge on any atom is 0.271 e. The monoisotopic (exact) mass is 362 g/mol. The predicted molar refractivity (Wildman–Crippen MR) is 105 cm³/mol. The number of nitrogens with one attached hydrogen (secondary N) is 2. The van der Waals surface area contributed by atoms with Crippen molar-refractivity contribution in [2.75, 3.05) is 19.0 Å². The van der Waals surface area contributed by atoms with Crippen LogP contribution in [0.4, 0.5) is 11.5 Å². The molecule has 0 bridgehead atoms. The Morgan fingerprint density at radius 3 is 2.48 bits per heavy atom. The van der Waals surface area contributed by atoms with Gasteiger partial charge in [0.05, 0.1) is 12.8 Å². The molecule has 1 amide bonds. The van der Waals surface area contributed by atoms with Crippen molar-refractivity contribution >= 4 is 17.4 Å². The number of methoxy groups -OCH3 is 1. The van der Waals surface area contributed by atoms with Crippen LogP contribution in [0.25, 0.3) is 0 Å². The summed E-state index contributed by atoms with van der Waals surface area (Å²) in [6.07, 6.45) is 1.80. The molecule has 3 rings (SSSR count). The average molecular weight is 362 g/mol. The summed E-state index contributed by atoms with van der Waals surface area (Å²) in [6, 6.07) is 21.1. The van der Waals surface area contributed by atoms with E-state index in [1.807, 2.05) is 42.5 Å². The molecule has 0 atom stereocenters. The van der Waals surface area contributed by atoms with E-state index < -0.39 is 0 Å². The van der Waals surface area contributed by atoms with Gasteiger partial charge >= 0.3 is 0 Å². The van der Waals surface area contributed by atoms with Crippen LogP contribution in [0.5, 0.6) is 5.75 Å². The van der Waals surface area contributed by atoms with E-state index in [1.165, 1.54) is 5.56 Å². The molecule has 27 heavy (non-hydrogen) atoms. The van der Waals surface area contributed by atoms with Gasteiger partial charge in [-0.3, -0.25) is 4.79 Å². The first kappa shape index (κ1) is 18.4. The topological polar surface area (TPSA) is 76.1 Å². The number of aryl methyl sites for hydroxylation is 1. The fourth-order valence-electron chi connectivity index (χ4n) is 2.64. The van der Waals surface area contributed by atoms with Crippen LogP contribution in [-0.4, -0.2) is 29.8 Å². The van der Waals surface area contributed by atoms with Gasteiger partial charge in [0.15, 0.2) is 11.5 Å². The largest absolute Gasteiger partial charge is 0.495 e. The number of aromatic nitrogens is 2. The molecule has 1 aromatic heterocycles. The van der Waals surface area contributed by atoms with Crippen molar-refractivity contribution in [3.63, 3.8) is 0 Å². The fourth-order valence-corrected chi connectivity index (χ4v) is 2.64. The Kier molecular flexibility index (Phi) is 6.35. The quantitative estimate of drug-likeness (QED) is 0.599. The van der Waals surface area contributed by atoms with Gasteiger partial charge in [-0.25, -0.2) is 0 Å². The number of amides is 1. The van der Waals surface area contributed by atoms with Gasteiger partial charge in [-0.1, -0.05) is 42.5 Å². The van der Waals surface area contributed by atoms with E-state index in [0.717, 1.165) is 18.5 Å². The van der Waals surface area contributed by atoms with Crippen LogP contribution < -0.4 is 15.4 Å². The van der Waals surface area contributed by atoms with Gasteiger partial charge in [-0.15, -0.1) is 10.2 Å². The second kappa shape index (κ2) is 9.33. The number of ether oxygens (including phenoxy) is 1. The molecule has 0 aliphatic carbocycles. The standard InChI is InChI=1S/C21H22N4O2/c1-27-19-12-6-5-11-17(19)23-20-14-13-18(24-25-20)21(26)22-15-7-10-16-8-3-2-4-9-16/h2-6,8-9,11-14H,7,10,15H2,1H3,(H,22,26)(H,23,25). The van der Waals surface area contributed by atoms with Gasteiger partial charge in [0.2, 0.25) is 0 Å². The predicted octanol–water partition coefficient (Wildman–Crippen LogP) is 3.59. The minimum absolute atomic E-state index is 0.223. The lowest BCUT2D eigenvalue weighted by atomic mass is 10.1. The van der Waals surface area contributed by atoms with E-state index in [2.05, 4.69) is 33.0 Å². The van der Waals surface area contributed by atoms with Crippen molar-refractivity contribution in [2.24, 2.45) is 0 Å². The summed E-state index contributed by atoms with van der Waals surface area (Å²) in [5.74, 6) is 1.03. The molecule has 0 saturated heterocycles. The second-order valence-electron chi connectivity index (χ2n) is 5.97. The summed E-state index contributed by atoms with van der Waals surface area (Å²) >= 11 is 0. The SMILES string of the molecule is COc1ccccc1Nc1ccc(C(=O)NCCCc2ccccc2)nn1. The summed E-state index contributed by atoms with van der Waals surface area (Å²) < 4.78 is 5.29. The molecule has 6 nitrogen and oxygen atoms in total. The number of nitrogens with zero attached hydrogens (tertiary/aromatic N) is 2. The molecule has 0 saturated carbocycles. The third kappa shape index (κ3) is 5.28. The van der Waals surface area contributed by atoms with Crippen LogP contribution in [-0.2, 0) is 6.42 Å². The van der Waals surface area contributed by atoms with Gasteiger partial charge in [-0.2, -0.15) is 0 Å². The highest BCUT2D eigenvalue weighted by Crippen LogP contribution is 2.25. The lowest BCUT2D eigenvalue weighted by Gasteiger charge is -2.10. The number of carbonyl (C=O) groups is 1. The lowest BCUT2D eigenvalue weighted by molar-refractivity contribution is 0.0947. The highest BCUT2D eigenvalue weighted by atomic mass is 16.5. The zero-order valence-corrected chi connectivity index (χ0v) is 15.2. The Labute approximate surface area is 158 Å². The van der Waals surface area contributed by atoms with Crippen molar-refractivity contribution in [1.82, 2.24) is 15.5 Å². The number of hydrogen-bond acceptors (Lipinski definition) is 5. The minimum atomic E-state index is -0.223. The summed E-state index contributed by atoms with van der Waals surface area (Å²) in [4.78, 5) is 12.2. The molecular weight excluding hydrogens is 340 g/mol. The molecule has 3 aromatic rings. The highest BCUT2D eigenvalue weighted by Gasteiger charge is 2.09. The summed E-state index contributed by atoms with van der Waals surface area (Å²) in [5.41, 5.74) is 2.34. The number of benzene rings is 2. The minimum Gasteiger partial charge on any atom is -0.495 e. The Balaban J connectivity index is 1.50. The number of hydrogen-bond donors (Lipinski definition) is 2. The van der Waals surface area contributed by atoms with Crippen LogP contribution in [0.2, 0.25) is 0 Å². The summed E-state index contributed by atoms with van der Waals surface area (Å²) in [5, 5.41) is 14.1. The molecule has 0 fully saturated rings. The Hall–Kier alpha value is -3.41. The molecule has 0 unspecified atom stereocenters. The zero-order chi connectivity index (χ0) is 18.9.